The first-order valence-electron chi connectivity index (χ1n) is 11.0. The first-order valence-corrected chi connectivity index (χ1v) is 12.1. The molecule has 0 bridgehead atoms. The Morgan fingerprint density at radius 3 is 1.03 bits per heavy atom. The average Bonchev–Trinajstić information content (AvgIpc) is 2.74. The maximum Gasteiger partial charge on any atom is 0.0701 e. The largest absolute Gasteiger partial charge is 0.379 e. The summed E-state index contributed by atoms with van der Waals surface area (Å²) >= 11 is 3.30. The van der Waals surface area contributed by atoms with E-state index < -0.39 is 0 Å². The van der Waals surface area contributed by atoms with Crippen molar-refractivity contribution in [3.8, 4) is 0 Å². The molecule has 0 unspecified atom stereocenters. The molecule has 0 aromatic rings. The van der Waals surface area contributed by atoms with Gasteiger partial charge in [-0.3, -0.25) is 0 Å². The second-order valence-corrected chi connectivity index (χ2v) is 7.18. The lowest BCUT2D eigenvalue weighted by molar-refractivity contribution is -0.0201. The first kappa shape index (κ1) is 29.2. The summed E-state index contributed by atoms with van der Waals surface area (Å²) in [6, 6.07) is 0. The molecule has 0 saturated heterocycles. The lowest BCUT2D eigenvalue weighted by Crippen LogP contribution is -2.14. The molecule has 0 radical (unpaired) electrons. The zero-order chi connectivity index (χ0) is 21.1. The minimum atomic E-state index is 0.560. The molecular formula is C21H43BrO7. The van der Waals surface area contributed by atoms with E-state index in [9.17, 15) is 0 Å². The van der Waals surface area contributed by atoms with E-state index in [2.05, 4.69) is 22.9 Å². The number of ether oxygens (including phenoxy) is 7. The van der Waals surface area contributed by atoms with E-state index in [0.29, 0.717) is 85.9 Å². The van der Waals surface area contributed by atoms with Gasteiger partial charge in [0.2, 0.25) is 0 Å². The molecule has 0 aliphatic rings. The van der Waals surface area contributed by atoms with Crippen LogP contribution in [-0.4, -0.2) is 97.8 Å². The predicted molar refractivity (Wildman–Crippen MR) is 118 cm³/mol. The van der Waals surface area contributed by atoms with Gasteiger partial charge in [0, 0.05) is 11.9 Å². The van der Waals surface area contributed by atoms with Crippen molar-refractivity contribution >= 4 is 15.9 Å². The van der Waals surface area contributed by atoms with E-state index >= 15 is 0 Å². The van der Waals surface area contributed by atoms with Gasteiger partial charge in [0.25, 0.3) is 0 Å². The van der Waals surface area contributed by atoms with E-state index in [4.69, 9.17) is 33.2 Å². The highest BCUT2D eigenvalue weighted by molar-refractivity contribution is 9.09. The highest BCUT2D eigenvalue weighted by Gasteiger charge is 1.95. The summed E-state index contributed by atoms with van der Waals surface area (Å²) in [5.74, 6) is 0. The zero-order valence-electron chi connectivity index (χ0n) is 18.4. The quantitative estimate of drug-likeness (QED) is 0.137. The van der Waals surface area contributed by atoms with Crippen molar-refractivity contribution in [3.05, 3.63) is 0 Å². The second-order valence-electron chi connectivity index (χ2n) is 6.39. The van der Waals surface area contributed by atoms with Gasteiger partial charge in [-0.05, 0) is 6.42 Å². The number of hydrogen-bond acceptors (Lipinski definition) is 7. The van der Waals surface area contributed by atoms with E-state index in [0.717, 1.165) is 18.4 Å². The number of unbranched alkanes of at least 4 members (excludes halogenated alkanes) is 4. The van der Waals surface area contributed by atoms with Gasteiger partial charge in [-0.2, -0.15) is 0 Å². The molecule has 0 aliphatic heterocycles. The van der Waals surface area contributed by atoms with Crippen LogP contribution in [0.2, 0.25) is 0 Å². The highest BCUT2D eigenvalue weighted by atomic mass is 79.9. The molecule has 0 fully saturated rings. The van der Waals surface area contributed by atoms with Crippen molar-refractivity contribution in [2.45, 2.75) is 39.0 Å². The summed E-state index contributed by atoms with van der Waals surface area (Å²) in [7, 11) is 0. The highest BCUT2D eigenvalue weighted by Crippen LogP contribution is 2.02. The van der Waals surface area contributed by atoms with E-state index in [1.807, 2.05) is 0 Å². The Hall–Kier alpha value is 0.200. The van der Waals surface area contributed by atoms with Gasteiger partial charge in [0.1, 0.15) is 0 Å². The van der Waals surface area contributed by atoms with Gasteiger partial charge < -0.3 is 33.2 Å². The van der Waals surface area contributed by atoms with Gasteiger partial charge in [-0.25, -0.2) is 0 Å². The Balaban J connectivity index is 2.97. The van der Waals surface area contributed by atoms with Gasteiger partial charge in [-0.1, -0.05) is 48.5 Å². The van der Waals surface area contributed by atoms with Crippen LogP contribution < -0.4 is 0 Å². The molecule has 176 valence electrons. The second kappa shape index (κ2) is 28.2. The molecule has 0 N–H and O–H groups in total. The van der Waals surface area contributed by atoms with E-state index in [-0.39, 0.29) is 0 Å². The summed E-state index contributed by atoms with van der Waals surface area (Å²) in [6.45, 7) is 10.8. The minimum absolute atomic E-state index is 0.560. The summed E-state index contributed by atoms with van der Waals surface area (Å²) in [5.41, 5.74) is 0. The van der Waals surface area contributed by atoms with Crippen LogP contribution in [-0.2, 0) is 33.2 Å². The fraction of sp³-hybridized carbons (Fsp3) is 1.00. The Kier molecular flexibility index (Phi) is 28.4. The van der Waals surface area contributed by atoms with Crippen molar-refractivity contribution in [1.29, 1.82) is 0 Å². The molecule has 0 aromatic carbocycles. The normalized spacial score (nSPS) is 11.4. The third-order valence-electron chi connectivity index (χ3n) is 3.85. The number of alkyl halides is 1. The molecular weight excluding hydrogens is 444 g/mol. The molecule has 0 aromatic heterocycles. The SMILES string of the molecule is CCCCCCCOCCOCCOCCOCCOCCOCCOCCBr. The lowest BCUT2D eigenvalue weighted by atomic mass is 10.2. The maximum atomic E-state index is 5.53. The molecule has 0 amide bonds. The lowest BCUT2D eigenvalue weighted by Gasteiger charge is -2.08. The smallest absolute Gasteiger partial charge is 0.0701 e. The number of rotatable bonds is 26. The van der Waals surface area contributed by atoms with E-state index in [1.165, 1.54) is 25.7 Å². The van der Waals surface area contributed by atoms with Crippen molar-refractivity contribution in [2.24, 2.45) is 0 Å². The fourth-order valence-corrected chi connectivity index (χ4v) is 2.51. The minimum Gasteiger partial charge on any atom is -0.379 e. The third kappa shape index (κ3) is 28.2. The van der Waals surface area contributed by atoms with Crippen molar-refractivity contribution < 1.29 is 33.2 Å². The van der Waals surface area contributed by atoms with Crippen LogP contribution in [0.4, 0.5) is 0 Å². The third-order valence-corrected chi connectivity index (χ3v) is 4.17. The molecule has 0 rings (SSSR count). The molecule has 0 saturated carbocycles. The van der Waals surface area contributed by atoms with Crippen molar-refractivity contribution in [3.63, 3.8) is 0 Å². The summed E-state index contributed by atoms with van der Waals surface area (Å²) in [5, 5.41) is 0.851. The Morgan fingerprint density at radius 2 is 0.690 bits per heavy atom. The Bertz CT molecular complexity index is 260. The zero-order valence-corrected chi connectivity index (χ0v) is 20.0. The number of halogens is 1. The average molecular weight is 487 g/mol. The van der Waals surface area contributed by atoms with Crippen LogP contribution in [0, 0.1) is 0 Å². The van der Waals surface area contributed by atoms with Gasteiger partial charge in [0.05, 0.1) is 85.9 Å². The van der Waals surface area contributed by atoms with Crippen LogP contribution in [0.5, 0.6) is 0 Å². The fourth-order valence-electron chi connectivity index (χ4n) is 2.28. The van der Waals surface area contributed by atoms with Crippen LogP contribution in [0.25, 0.3) is 0 Å². The van der Waals surface area contributed by atoms with Crippen molar-refractivity contribution in [2.75, 3.05) is 97.8 Å². The monoisotopic (exact) mass is 486 g/mol. The van der Waals surface area contributed by atoms with Crippen molar-refractivity contribution in [1.82, 2.24) is 0 Å². The van der Waals surface area contributed by atoms with Crippen LogP contribution in [0.3, 0.4) is 0 Å². The topological polar surface area (TPSA) is 64.6 Å². The summed E-state index contributed by atoms with van der Waals surface area (Å²) < 4.78 is 37.9. The molecule has 0 aliphatic carbocycles. The summed E-state index contributed by atoms with van der Waals surface area (Å²) in [6.07, 6.45) is 6.33. The van der Waals surface area contributed by atoms with E-state index in [1.54, 1.807) is 0 Å². The van der Waals surface area contributed by atoms with Gasteiger partial charge >= 0.3 is 0 Å². The standard InChI is InChI=1S/C21H43BrO7/c1-2-3-4-5-6-8-23-10-12-25-14-16-27-18-20-29-21-19-28-17-15-26-13-11-24-9-7-22/h2-21H2,1H3. The Morgan fingerprint density at radius 1 is 0.379 bits per heavy atom. The van der Waals surface area contributed by atoms with Crippen LogP contribution in [0.15, 0.2) is 0 Å². The van der Waals surface area contributed by atoms with Gasteiger partial charge in [0.15, 0.2) is 0 Å². The Labute approximate surface area is 186 Å². The van der Waals surface area contributed by atoms with Gasteiger partial charge in [-0.15, -0.1) is 0 Å². The summed E-state index contributed by atoms with van der Waals surface area (Å²) in [4.78, 5) is 0. The molecule has 0 atom stereocenters. The molecule has 0 heterocycles. The first-order chi connectivity index (χ1) is 14.4. The molecule has 8 heteroatoms. The molecule has 7 nitrogen and oxygen atoms in total. The van der Waals surface area contributed by atoms with Crippen LogP contribution in [0.1, 0.15) is 39.0 Å². The maximum absolute atomic E-state index is 5.53. The molecule has 0 spiro atoms. The van der Waals surface area contributed by atoms with Crippen LogP contribution >= 0.6 is 15.9 Å². The predicted octanol–water partition coefficient (Wildman–Crippen LogP) is 3.47. The number of hydrogen-bond donors (Lipinski definition) is 0. The molecule has 29 heavy (non-hydrogen) atoms.